The van der Waals surface area contributed by atoms with Crippen molar-refractivity contribution in [1.29, 1.82) is 0 Å². The van der Waals surface area contributed by atoms with Gasteiger partial charge in [-0.2, -0.15) is 0 Å². The summed E-state index contributed by atoms with van der Waals surface area (Å²) in [7, 11) is 1.85. The van der Waals surface area contributed by atoms with Gasteiger partial charge in [0.25, 0.3) is 0 Å². The minimum absolute atomic E-state index is 0. The summed E-state index contributed by atoms with van der Waals surface area (Å²) < 4.78 is 2.33. The Labute approximate surface area is 168 Å². The van der Waals surface area contributed by atoms with E-state index in [2.05, 4.69) is 37.3 Å². The molecule has 1 aromatic rings. The molecule has 0 saturated heterocycles. The quantitative estimate of drug-likeness (QED) is 0.412. The summed E-state index contributed by atoms with van der Waals surface area (Å²) in [6.07, 6.45) is 10.9. The normalized spacial score (nSPS) is 24.0. The summed E-state index contributed by atoms with van der Waals surface area (Å²) in [5, 5.41) is 15.8. The van der Waals surface area contributed by atoms with E-state index in [1.54, 1.807) is 0 Å². The van der Waals surface area contributed by atoms with E-state index in [0.29, 0.717) is 6.04 Å². The van der Waals surface area contributed by atoms with Crippen LogP contribution in [0.2, 0.25) is 0 Å². The molecule has 25 heavy (non-hydrogen) atoms. The zero-order chi connectivity index (χ0) is 16.8. The third-order valence-corrected chi connectivity index (χ3v) is 5.41. The lowest BCUT2D eigenvalue weighted by molar-refractivity contribution is 0.329. The fourth-order valence-corrected chi connectivity index (χ4v) is 3.82. The van der Waals surface area contributed by atoms with Gasteiger partial charge in [0, 0.05) is 39.0 Å². The van der Waals surface area contributed by atoms with Crippen molar-refractivity contribution in [3.63, 3.8) is 0 Å². The Bertz CT molecular complexity index is 548. The first-order chi connectivity index (χ1) is 11.8. The van der Waals surface area contributed by atoms with Gasteiger partial charge in [-0.05, 0) is 44.4 Å². The van der Waals surface area contributed by atoms with E-state index in [4.69, 9.17) is 0 Å². The van der Waals surface area contributed by atoms with E-state index >= 15 is 0 Å². The van der Waals surface area contributed by atoms with Crippen molar-refractivity contribution in [2.45, 2.75) is 77.3 Å². The molecular formula is C18H33IN6. The summed E-state index contributed by atoms with van der Waals surface area (Å²) >= 11 is 0. The molecule has 0 amide bonds. The molecule has 142 valence electrons. The minimum atomic E-state index is 0. The van der Waals surface area contributed by atoms with Gasteiger partial charge >= 0.3 is 0 Å². The van der Waals surface area contributed by atoms with E-state index in [1.807, 2.05) is 7.05 Å². The molecule has 6 nitrogen and oxygen atoms in total. The first-order valence-electron chi connectivity index (χ1n) is 9.64. The summed E-state index contributed by atoms with van der Waals surface area (Å²) in [4.78, 5) is 4.37. The first kappa shape index (κ1) is 20.5. The van der Waals surface area contributed by atoms with Crippen LogP contribution in [-0.2, 0) is 19.4 Å². The van der Waals surface area contributed by atoms with Crippen LogP contribution in [0.15, 0.2) is 4.99 Å². The van der Waals surface area contributed by atoms with Crippen LogP contribution >= 0.6 is 24.0 Å². The van der Waals surface area contributed by atoms with E-state index < -0.39 is 0 Å². The third kappa shape index (κ3) is 5.82. The average molecular weight is 460 g/mol. The molecule has 0 bridgehead atoms. The molecule has 2 aliphatic rings. The lowest BCUT2D eigenvalue weighted by Crippen LogP contribution is -2.45. The molecule has 1 aliphatic carbocycles. The van der Waals surface area contributed by atoms with Gasteiger partial charge in [-0.25, -0.2) is 0 Å². The second-order valence-corrected chi connectivity index (χ2v) is 7.34. The predicted molar refractivity (Wildman–Crippen MR) is 113 cm³/mol. The third-order valence-electron chi connectivity index (χ3n) is 5.41. The Morgan fingerprint density at radius 3 is 2.72 bits per heavy atom. The molecular weight excluding hydrogens is 427 g/mol. The topological polar surface area (TPSA) is 67.1 Å². The maximum absolute atomic E-state index is 4.40. The monoisotopic (exact) mass is 460 g/mol. The van der Waals surface area contributed by atoms with Crippen molar-refractivity contribution >= 4 is 29.9 Å². The van der Waals surface area contributed by atoms with E-state index in [-0.39, 0.29) is 24.0 Å². The summed E-state index contributed by atoms with van der Waals surface area (Å²) in [6.45, 7) is 4.27. The van der Waals surface area contributed by atoms with Gasteiger partial charge in [0.05, 0.1) is 0 Å². The summed E-state index contributed by atoms with van der Waals surface area (Å²) in [6, 6.07) is 0.566. The van der Waals surface area contributed by atoms with E-state index in [1.165, 1.54) is 50.8 Å². The number of rotatable bonds is 4. The minimum Gasteiger partial charge on any atom is -0.356 e. The van der Waals surface area contributed by atoms with Crippen LogP contribution in [0.4, 0.5) is 0 Å². The highest BCUT2D eigenvalue weighted by atomic mass is 127. The fraction of sp³-hybridized carbons (Fsp3) is 0.833. The SMILES string of the molecule is CN=C(NCCc1nnc2n1CCCCC2)NC1CCC(C)CC1.I. The van der Waals surface area contributed by atoms with Gasteiger partial charge in [-0.3, -0.25) is 4.99 Å². The number of halogens is 1. The van der Waals surface area contributed by atoms with Crippen molar-refractivity contribution in [3.05, 3.63) is 11.6 Å². The number of nitrogens with one attached hydrogen (secondary N) is 2. The predicted octanol–water partition coefficient (Wildman–Crippen LogP) is 2.91. The fourth-order valence-electron chi connectivity index (χ4n) is 3.82. The highest BCUT2D eigenvalue weighted by Gasteiger charge is 2.19. The Balaban J connectivity index is 0.00000225. The van der Waals surface area contributed by atoms with Crippen molar-refractivity contribution in [2.75, 3.05) is 13.6 Å². The van der Waals surface area contributed by atoms with Crippen LogP contribution in [0.1, 0.15) is 63.5 Å². The van der Waals surface area contributed by atoms with Gasteiger partial charge in [0.2, 0.25) is 0 Å². The zero-order valence-corrected chi connectivity index (χ0v) is 18.0. The van der Waals surface area contributed by atoms with Crippen LogP contribution in [0, 0.1) is 5.92 Å². The van der Waals surface area contributed by atoms with Crippen molar-refractivity contribution < 1.29 is 0 Å². The first-order valence-corrected chi connectivity index (χ1v) is 9.64. The zero-order valence-electron chi connectivity index (χ0n) is 15.6. The molecule has 3 rings (SSSR count). The van der Waals surface area contributed by atoms with E-state index in [9.17, 15) is 0 Å². The smallest absolute Gasteiger partial charge is 0.191 e. The lowest BCUT2D eigenvalue weighted by atomic mass is 9.87. The number of fused-ring (bicyclic) bond motifs is 1. The number of hydrogen-bond acceptors (Lipinski definition) is 3. The maximum Gasteiger partial charge on any atom is 0.191 e. The number of guanidine groups is 1. The van der Waals surface area contributed by atoms with Gasteiger partial charge in [0.15, 0.2) is 5.96 Å². The van der Waals surface area contributed by atoms with Gasteiger partial charge in [-0.15, -0.1) is 34.2 Å². The molecule has 0 atom stereocenters. The number of nitrogens with zero attached hydrogens (tertiary/aromatic N) is 4. The Morgan fingerprint density at radius 1 is 1.16 bits per heavy atom. The number of aromatic nitrogens is 3. The van der Waals surface area contributed by atoms with Crippen molar-refractivity contribution in [2.24, 2.45) is 10.9 Å². The summed E-state index contributed by atoms with van der Waals surface area (Å²) in [5.74, 6) is 4.08. The Morgan fingerprint density at radius 2 is 1.96 bits per heavy atom. The van der Waals surface area contributed by atoms with Crippen LogP contribution in [-0.4, -0.2) is 40.4 Å². The van der Waals surface area contributed by atoms with Crippen LogP contribution in [0.3, 0.4) is 0 Å². The van der Waals surface area contributed by atoms with Crippen molar-refractivity contribution in [1.82, 2.24) is 25.4 Å². The highest BCUT2D eigenvalue weighted by molar-refractivity contribution is 14.0. The second kappa shape index (κ2) is 10.3. The Hall–Kier alpha value is -0.860. The molecule has 0 unspecified atom stereocenters. The van der Waals surface area contributed by atoms with E-state index in [0.717, 1.165) is 43.6 Å². The van der Waals surface area contributed by atoms with Crippen LogP contribution in [0.5, 0.6) is 0 Å². The standard InChI is InChI=1S/C18H32N6.HI/c1-14-7-9-15(10-8-14)21-18(19-2)20-12-11-17-23-22-16-6-4-3-5-13-24(16)17;/h14-15H,3-13H2,1-2H3,(H2,19,20,21);1H. The Kier molecular flexibility index (Phi) is 8.45. The molecule has 1 saturated carbocycles. The maximum atomic E-state index is 4.40. The van der Waals surface area contributed by atoms with Gasteiger partial charge in [-0.1, -0.05) is 13.3 Å². The molecule has 1 aromatic heterocycles. The van der Waals surface area contributed by atoms with Gasteiger partial charge in [0.1, 0.15) is 11.6 Å². The molecule has 0 spiro atoms. The molecule has 2 heterocycles. The molecule has 1 fully saturated rings. The molecule has 1 aliphatic heterocycles. The molecule has 0 radical (unpaired) electrons. The van der Waals surface area contributed by atoms with Gasteiger partial charge < -0.3 is 15.2 Å². The van der Waals surface area contributed by atoms with Crippen molar-refractivity contribution in [3.8, 4) is 0 Å². The lowest BCUT2D eigenvalue weighted by Gasteiger charge is -2.28. The number of hydrogen-bond donors (Lipinski definition) is 2. The number of aliphatic imine (C=N–C) groups is 1. The number of aryl methyl sites for hydroxylation is 1. The average Bonchev–Trinajstić information content (AvgIpc) is 2.82. The van der Waals surface area contributed by atoms with Crippen LogP contribution < -0.4 is 10.6 Å². The highest BCUT2D eigenvalue weighted by Crippen LogP contribution is 2.23. The molecule has 2 N–H and O–H groups in total. The van der Waals surface area contributed by atoms with Crippen LogP contribution in [0.25, 0.3) is 0 Å². The second-order valence-electron chi connectivity index (χ2n) is 7.34. The molecule has 7 heteroatoms. The summed E-state index contributed by atoms with van der Waals surface area (Å²) in [5.41, 5.74) is 0. The molecule has 0 aromatic carbocycles. The largest absolute Gasteiger partial charge is 0.356 e.